The van der Waals surface area contributed by atoms with Crippen LogP contribution in [-0.4, -0.2) is 19.0 Å². The molecule has 1 aromatic carbocycles. The third-order valence-electron chi connectivity index (χ3n) is 1.92. The Kier molecular flexibility index (Phi) is 4.29. The molecule has 0 aliphatic rings. The minimum absolute atomic E-state index is 0.0300. The van der Waals surface area contributed by atoms with Crippen LogP contribution in [0.1, 0.15) is 22.8 Å². The highest BCUT2D eigenvalue weighted by atomic mass is 79.9. The van der Waals surface area contributed by atoms with Gasteiger partial charge in [0.05, 0.1) is 0 Å². The predicted octanol–water partition coefficient (Wildman–Crippen LogP) is 2.98. The summed E-state index contributed by atoms with van der Waals surface area (Å²) in [5.41, 5.74) is 1.77. The highest BCUT2D eigenvalue weighted by Gasteiger charge is 2.06. The summed E-state index contributed by atoms with van der Waals surface area (Å²) in [4.78, 5) is 11.5. The zero-order valence-corrected chi connectivity index (χ0v) is 9.93. The number of Topliss-reactive ketones (excluding diaryl/α,β-unsaturated/α-hetero) is 1. The molecule has 0 bridgehead atoms. The smallest absolute Gasteiger partial charge is 0.188 e. The van der Waals surface area contributed by atoms with E-state index in [1.54, 1.807) is 6.07 Å². The molecule has 3 heteroatoms. The molecule has 14 heavy (non-hydrogen) atoms. The highest BCUT2D eigenvalue weighted by molar-refractivity contribution is 9.10. The normalized spacial score (nSPS) is 10.2. The molecule has 0 N–H and O–H groups in total. The van der Waals surface area contributed by atoms with Crippen LogP contribution in [0.4, 0.5) is 0 Å². The number of ether oxygens (including phenoxy) is 1. The first-order valence-electron chi connectivity index (χ1n) is 4.52. The zero-order valence-electron chi connectivity index (χ0n) is 8.34. The minimum atomic E-state index is 0.0300. The van der Waals surface area contributed by atoms with Crippen molar-refractivity contribution in [1.82, 2.24) is 0 Å². The summed E-state index contributed by atoms with van der Waals surface area (Å²) in [6, 6.07) is 5.55. The highest BCUT2D eigenvalue weighted by Crippen LogP contribution is 2.17. The Balaban J connectivity index is 2.76. The Bertz CT molecular complexity index is 334. The number of aryl methyl sites for hydroxylation is 1. The summed E-state index contributed by atoms with van der Waals surface area (Å²) in [6.45, 7) is 4.57. The van der Waals surface area contributed by atoms with Gasteiger partial charge in [0.1, 0.15) is 6.61 Å². The van der Waals surface area contributed by atoms with E-state index in [0.717, 1.165) is 10.0 Å². The topological polar surface area (TPSA) is 26.3 Å². The molecule has 0 atom stereocenters. The maximum atomic E-state index is 11.5. The fourth-order valence-electron chi connectivity index (χ4n) is 1.10. The Morgan fingerprint density at radius 2 is 2.21 bits per heavy atom. The van der Waals surface area contributed by atoms with Gasteiger partial charge in [0.15, 0.2) is 5.78 Å². The third kappa shape index (κ3) is 2.93. The molecule has 1 rings (SSSR count). The summed E-state index contributed by atoms with van der Waals surface area (Å²) in [5.74, 6) is 0.0300. The monoisotopic (exact) mass is 256 g/mol. The van der Waals surface area contributed by atoms with E-state index in [0.29, 0.717) is 12.2 Å². The molecule has 0 fully saturated rings. The standard InChI is InChI=1S/C11H13BrO2/c1-3-14-7-11(13)9-4-5-10(12)8(2)6-9/h4-6H,3,7H2,1-2H3. The first kappa shape index (κ1) is 11.4. The van der Waals surface area contributed by atoms with Gasteiger partial charge in [-0.05, 0) is 31.5 Å². The second-order valence-corrected chi connectivity index (χ2v) is 3.88. The van der Waals surface area contributed by atoms with Crippen LogP contribution in [0.25, 0.3) is 0 Å². The van der Waals surface area contributed by atoms with Crippen LogP contribution in [-0.2, 0) is 4.74 Å². The first-order valence-corrected chi connectivity index (χ1v) is 5.31. The number of ketones is 1. The Morgan fingerprint density at radius 1 is 1.50 bits per heavy atom. The molecule has 0 spiro atoms. The fraction of sp³-hybridized carbons (Fsp3) is 0.364. The molecule has 0 aromatic heterocycles. The van der Waals surface area contributed by atoms with Crippen LogP contribution < -0.4 is 0 Å². The van der Waals surface area contributed by atoms with E-state index in [2.05, 4.69) is 15.9 Å². The SMILES string of the molecule is CCOCC(=O)c1ccc(Br)c(C)c1. The molecule has 0 heterocycles. The van der Waals surface area contributed by atoms with Crippen molar-refractivity contribution in [2.45, 2.75) is 13.8 Å². The predicted molar refractivity (Wildman–Crippen MR) is 59.7 cm³/mol. The Hall–Kier alpha value is -0.670. The van der Waals surface area contributed by atoms with E-state index in [-0.39, 0.29) is 12.4 Å². The number of halogens is 1. The lowest BCUT2D eigenvalue weighted by atomic mass is 10.1. The quantitative estimate of drug-likeness (QED) is 0.775. The van der Waals surface area contributed by atoms with Crippen molar-refractivity contribution < 1.29 is 9.53 Å². The first-order chi connectivity index (χ1) is 6.65. The number of hydrogen-bond acceptors (Lipinski definition) is 2. The number of benzene rings is 1. The van der Waals surface area contributed by atoms with Crippen molar-refractivity contribution >= 4 is 21.7 Å². The van der Waals surface area contributed by atoms with Crippen molar-refractivity contribution in [3.8, 4) is 0 Å². The molecular formula is C11H13BrO2. The average Bonchev–Trinajstić information content (AvgIpc) is 2.18. The van der Waals surface area contributed by atoms with Crippen LogP contribution >= 0.6 is 15.9 Å². The van der Waals surface area contributed by atoms with Crippen molar-refractivity contribution in [2.24, 2.45) is 0 Å². The van der Waals surface area contributed by atoms with Gasteiger partial charge in [-0.2, -0.15) is 0 Å². The van der Waals surface area contributed by atoms with E-state index in [4.69, 9.17) is 4.74 Å². The molecule has 0 unspecified atom stereocenters. The lowest BCUT2D eigenvalue weighted by molar-refractivity contribution is 0.0783. The van der Waals surface area contributed by atoms with Gasteiger partial charge in [-0.15, -0.1) is 0 Å². The van der Waals surface area contributed by atoms with E-state index in [1.165, 1.54) is 0 Å². The molecular weight excluding hydrogens is 244 g/mol. The van der Waals surface area contributed by atoms with Gasteiger partial charge in [0.25, 0.3) is 0 Å². The molecule has 0 amide bonds. The molecule has 0 saturated carbocycles. The number of hydrogen-bond donors (Lipinski definition) is 0. The van der Waals surface area contributed by atoms with E-state index >= 15 is 0 Å². The second kappa shape index (κ2) is 5.27. The maximum absolute atomic E-state index is 11.5. The largest absolute Gasteiger partial charge is 0.374 e. The van der Waals surface area contributed by atoms with Gasteiger partial charge in [-0.1, -0.05) is 22.0 Å². The van der Waals surface area contributed by atoms with Crippen LogP contribution in [0.15, 0.2) is 22.7 Å². The van der Waals surface area contributed by atoms with Crippen LogP contribution in [0.2, 0.25) is 0 Å². The summed E-state index contributed by atoms with van der Waals surface area (Å²) in [7, 11) is 0. The molecule has 1 aromatic rings. The summed E-state index contributed by atoms with van der Waals surface area (Å²) >= 11 is 3.39. The van der Waals surface area contributed by atoms with Gasteiger partial charge in [-0.3, -0.25) is 4.79 Å². The maximum Gasteiger partial charge on any atom is 0.188 e. The van der Waals surface area contributed by atoms with Crippen molar-refractivity contribution in [3.63, 3.8) is 0 Å². The molecule has 0 saturated heterocycles. The average molecular weight is 257 g/mol. The molecule has 0 aliphatic heterocycles. The number of carbonyl (C=O) groups is 1. The molecule has 0 aliphatic carbocycles. The summed E-state index contributed by atoms with van der Waals surface area (Å²) < 4.78 is 6.08. The third-order valence-corrected chi connectivity index (χ3v) is 2.81. The van der Waals surface area contributed by atoms with Gasteiger partial charge < -0.3 is 4.74 Å². The summed E-state index contributed by atoms with van der Waals surface area (Å²) in [5, 5.41) is 0. The van der Waals surface area contributed by atoms with Gasteiger partial charge in [0, 0.05) is 16.6 Å². The zero-order chi connectivity index (χ0) is 10.6. The van der Waals surface area contributed by atoms with Gasteiger partial charge >= 0.3 is 0 Å². The lowest BCUT2D eigenvalue weighted by Crippen LogP contribution is -2.08. The van der Waals surface area contributed by atoms with Crippen LogP contribution in [0.3, 0.4) is 0 Å². The van der Waals surface area contributed by atoms with Crippen molar-refractivity contribution in [3.05, 3.63) is 33.8 Å². The van der Waals surface area contributed by atoms with Gasteiger partial charge in [-0.25, -0.2) is 0 Å². The van der Waals surface area contributed by atoms with Crippen LogP contribution in [0.5, 0.6) is 0 Å². The Morgan fingerprint density at radius 3 is 2.79 bits per heavy atom. The van der Waals surface area contributed by atoms with E-state index in [1.807, 2.05) is 26.0 Å². The van der Waals surface area contributed by atoms with Gasteiger partial charge in [0.2, 0.25) is 0 Å². The lowest BCUT2D eigenvalue weighted by Gasteiger charge is -2.03. The van der Waals surface area contributed by atoms with Crippen LogP contribution in [0, 0.1) is 6.92 Å². The van der Waals surface area contributed by atoms with E-state index < -0.39 is 0 Å². The summed E-state index contributed by atoms with van der Waals surface area (Å²) in [6.07, 6.45) is 0. The molecule has 2 nitrogen and oxygen atoms in total. The van der Waals surface area contributed by atoms with Crippen molar-refractivity contribution in [2.75, 3.05) is 13.2 Å². The minimum Gasteiger partial charge on any atom is -0.374 e. The number of carbonyl (C=O) groups excluding carboxylic acids is 1. The fourth-order valence-corrected chi connectivity index (χ4v) is 1.34. The second-order valence-electron chi connectivity index (χ2n) is 3.02. The molecule has 0 radical (unpaired) electrons. The van der Waals surface area contributed by atoms with E-state index in [9.17, 15) is 4.79 Å². The Labute approximate surface area is 92.4 Å². The molecule has 76 valence electrons. The number of rotatable bonds is 4. The van der Waals surface area contributed by atoms with Crippen molar-refractivity contribution in [1.29, 1.82) is 0 Å².